The Morgan fingerprint density at radius 3 is 1.79 bits per heavy atom. The van der Waals surface area contributed by atoms with Crippen LogP contribution < -0.4 is 0 Å². The first-order chi connectivity index (χ1) is 22.4. The molecule has 0 bridgehead atoms. The summed E-state index contributed by atoms with van der Waals surface area (Å²) in [7, 11) is 1.26. The molecule has 2 fully saturated rings. The van der Waals surface area contributed by atoms with Crippen molar-refractivity contribution in [1.82, 2.24) is 0 Å². The Morgan fingerprint density at radius 1 is 0.702 bits per heavy atom. The molecule has 2 aliphatic rings. The Bertz CT molecular complexity index is 876. The molecule has 0 saturated carbocycles. The molecule has 276 valence electrons. The quantitative estimate of drug-likeness (QED) is 0.0491. The number of ether oxygens (including phenoxy) is 6. The fourth-order valence-corrected chi connectivity index (χ4v) is 5.55. The van der Waals surface area contributed by atoms with Gasteiger partial charge in [0.25, 0.3) is 0 Å². The predicted octanol–water partition coefficient (Wildman–Crippen LogP) is -1.23. The largest absolute Gasteiger partial charge is 0.467 e. The van der Waals surface area contributed by atoms with E-state index in [1.807, 2.05) is 0 Å². The molecule has 16 nitrogen and oxygen atoms in total. The summed E-state index contributed by atoms with van der Waals surface area (Å²) in [5, 5.41) is 81.4. The van der Waals surface area contributed by atoms with Crippen molar-refractivity contribution in [3.05, 3.63) is 0 Å². The number of aliphatic hydroxyl groups is 8. The van der Waals surface area contributed by atoms with Gasteiger partial charge in [-0.15, -0.1) is 0 Å². The average Bonchev–Trinajstić information content (AvgIpc) is 3.05. The summed E-state index contributed by atoms with van der Waals surface area (Å²) in [5.74, 6) is -1.26. The molecule has 2 heterocycles. The van der Waals surface area contributed by atoms with E-state index in [0.717, 1.165) is 71.1 Å². The van der Waals surface area contributed by atoms with Gasteiger partial charge in [0.1, 0.15) is 55.4 Å². The van der Waals surface area contributed by atoms with E-state index in [4.69, 9.17) is 23.7 Å². The lowest BCUT2D eigenvalue weighted by molar-refractivity contribution is -0.360. The van der Waals surface area contributed by atoms with Gasteiger partial charge >= 0.3 is 11.9 Å². The summed E-state index contributed by atoms with van der Waals surface area (Å²) in [5.41, 5.74) is 0. The summed E-state index contributed by atoms with van der Waals surface area (Å²) in [4.78, 5) is 22.6. The molecule has 2 rings (SSSR count). The molecule has 0 aromatic rings. The van der Waals surface area contributed by atoms with Crippen LogP contribution in [0.2, 0.25) is 0 Å². The number of hydrogen-bond acceptors (Lipinski definition) is 16. The highest BCUT2D eigenvalue weighted by molar-refractivity contribution is 5.74. The molecule has 0 amide bonds. The van der Waals surface area contributed by atoms with Gasteiger partial charge in [0, 0.05) is 6.92 Å². The number of hydrogen-bond donors (Lipinski definition) is 8. The third kappa shape index (κ3) is 14.1. The third-order valence-corrected chi connectivity index (χ3v) is 8.42. The zero-order chi connectivity index (χ0) is 34.9. The van der Waals surface area contributed by atoms with E-state index < -0.39 is 98.8 Å². The first kappa shape index (κ1) is 41.6. The summed E-state index contributed by atoms with van der Waals surface area (Å²) < 4.78 is 31.8. The van der Waals surface area contributed by atoms with Crippen molar-refractivity contribution in [2.24, 2.45) is 0 Å². The molecule has 47 heavy (non-hydrogen) atoms. The van der Waals surface area contributed by atoms with Crippen LogP contribution in [0.3, 0.4) is 0 Å². The third-order valence-electron chi connectivity index (χ3n) is 8.42. The van der Waals surface area contributed by atoms with E-state index in [1.165, 1.54) is 7.11 Å². The number of unbranched alkanes of at least 4 members (excludes halogenated alkanes) is 9. The highest BCUT2D eigenvalue weighted by Gasteiger charge is 2.51. The molecule has 2 aliphatic heterocycles. The molecule has 8 N–H and O–H groups in total. The van der Waals surface area contributed by atoms with Crippen molar-refractivity contribution in [1.29, 1.82) is 0 Å². The van der Waals surface area contributed by atoms with E-state index >= 15 is 0 Å². The first-order valence-electron chi connectivity index (χ1n) is 16.6. The molecular formula is C31H56O16. The normalized spacial score (nSPS) is 32.5. The molecule has 0 unspecified atom stereocenters. The zero-order valence-corrected chi connectivity index (χ0v) is 27.4. The highest BCUT2D eigenvalue weighted by Crippen LogP contribution is 2.30. The molecule has 0 spiro atoms. The molecule has 0 aromatic heterocycles. The summed E-state index contributed by atoms with van der Waals surface area (Å²) in [6.07, 6.45) is -6.77. The Kier molecular flexibility index (Phi) is 19.7. The van der Waals surface area contributed by atoms with Crippen molar-refractivity contribution in [2.75, 3.05) is 26.9 Å². The van der Waals surface area contributed by atoms with Crippen molar-refractivity contribution < 1.29 is 78.9 Å². The number of aliphatic hydroxyl groups excluding tert-OH is 8. The topological polar surface area (TPSA) is 251 Å². The molecule has 0 radical (unpaired) electrons. The molecular weight excluding hydrogens is 628 g/mol. The molecule has 2 saturated heterocycles. The van der Waals surface area contributed by atoms with E-state index in [9.17, 15) is 50.4 Å². The smallest absolute Gasteiger partial charge is 0.334 e. The van der Waals surface area contributed by atoms with Gasteiger partial charge in [0.2, 0.25) is 0 Å². The van der Waals surface area contributed by atoms with Crippen LogP contribution in [0.4, 0.5) is 0 Å². The van der Waals surface area contributed by atoms with Gasteiger partial charge in [-0.1, -0.05) is 64.2 Å². The van der Waals surface area contributed by atoms with Crippen molar-refractivity contribution in [3.8, 4) is 0 Å². The Hall–Kier alpha value is -1.54. The monoisotopic (exact) mass is 684 g/mol. The Balaban J connectivity index is 1.69. The van der Waals surface area contributed by atoms with Crippen LogP contribution in [0.5, 0.6) is 0 Å². The van der Waals surface area contributed by atoms with Crippen molar-refractivity contribution in [3.63, 3.8) is 0 Å². The SMILES string of the molecule is COC(=O)[C@H](O)CCCCCCCCCCCC[C@@H](O)CO[C@@H]1O[C@H](COC(C)=O)[C@@H](O[C@@H]2O[C@H](CO)[C@@H](O)[C@H](O)[C@H]2O)[C@H](O)[C@H]1O. The fraction of sp³-hybridized carbons (Fsp3) is 0.935. The Morgan fingerprint density at radius 2 is 1.23 bits per heavy atom. The number of rotatable bonds is 22. The minimum atomic E-state index is -1.78. The number of carbonyl (C=O) groups excluding carboxylic acids is 2. The predicted molar refractivity (Wildman–Crippen MR) is 161 cm³/mol. The van der Waals surface area contributed by atoms with Crippen molar-refractivity contribution in [2.45, 2.75) is 158 Å². The van der Waals surface area contributed by atoms with Gasteiger partial charge in [-0.2, -0.15) is 0 Å². The van der Waals surface area contributed by atoms with Crippen LogP contribution in [-0.2, 0) is 38.0 Å². The summed E-state index contributed by atoms with van der Waals surface area (Å²) in [6.45, 7) is -0.199. The molecule has 12 atom stereocenters. The second-order valence-electron chi connectivity index (χ2n) is 12.3. The van der Waals surface area contributed by atoms with Gasteiger partial charge in [-0.05, 0) is 12.8 Å². The van der Waals surface area contributed by atoms with Gasteiger partial charge < -0.3 is 69.3 Å². The minimum absolute atomic E-state index is 0.205. The van der Waals surface area contributed by atoms with Crippen LogP contribution in [0.1, 0.15) is 84.0 Å². The standard InChI is InChI=1S/C31H56O16/c1-18(33)43-17-22-28(47-31-26(39)24(37)23(36)21(15-32)45-31)25(38)27(40)30(46-22)44-16-19(34)13-11-9-7-5-3-4-6-8-10-12-14-20(35)29(41)42-2/h19-28,30-32,34-40H,3-17H2,1-2H3/t19-,20-,21-,22-,23-,24+,25-,26-,27-,28-,30-,31+/m1/s1. The van der Waals surface area contributed by atoms with Crippen LogP contribution in [0, 0.1) is 0 Å². The van der Waals surface area contributed by atoms with Crippen molar-refractivity contribution >= 4 is 11.9 Å². The lowest BCUT2D eigenvalue weighted by Crippen LogP contribution is -2.65. The second kappa shape index (κ2) is 22.2. The van der Waals surface area contributed by atoms with Crippen LogP contribution in [-0.4, -0.2) is 153 Å². The van der Waals surface area contributed by atoms with E-state index in [-0.39, 0.29) is 6.61 Å². The maximum absolute atomic E-state index is 11.5. The lowest BCUT2D eigenvalue weighted by atomic mass is 9.97. The number of methoxy groups -OCH3 is 1. The van der Waals surface area contributed by atoms with Gasteiger partial charge in [-0.3, -0.25) is 4.79 Å². The highest BCUT2D eigenvalue weighted by atomic mass is 16.7. The van der Waals surface area contributed by atoms with Crippen LogP contribution >= 0.6 is 0 Å². The van der Waals surface area contributed by atoms with Crippen LogP contribution in [0.25, 0.3) is 0 Å². The second-order valence-corrected chi connectivity index (χ2v) is 12.3. The van der Waals surface area contributed by atoms with Gasteiger partial charge in [-0.25, -0.2) is 4.79 Å². The molecule has 16 heteroatoms. The average molecular weight is 685 g/mol. The maximum Gasteiger partial charge on any atom is 0.334 e. The summed E-state index contributed by atoms with van der Waals surface area (Å²) >= 11 is 0. The zero-order valence-electron chi connectivity index (χ0n) is 27.4. The lowest BCUT2D eigenvalue weighted by Gasteiger charge is -2.46. The Labute approximate surface area is 275 Å². The van der Waals surface area contributed by atoms with Gasteiger partial charge in [0.05, 0.1) is 26.4 Å². The fourth-order valence-electron chi connectivity index (χ4n) is 5.55. The molecule has 0 aromatic carbocycles. The maximum atomic E-state index is 11.5. The number of carbonyl (C=O) groups is 2. The van der Waals surface area contributed by atoms with Gasteiger partial charge in [0.15, 0.2) is 18.7 Å². The first-order valence-corrected chi connectivity index (χ1v) is 16.6. The minimum Gasteiger partial charge on any atom is -0.467 e. The summed E-state index contributed by atoms with van der Waals surface area (Å²) in [6, 6.07) is 0. The van der Waals surface area contributed by atoms with Crippen LogP contribution in [0.15, 0.2) is 0 Å². The van der Waals surface area contributed by atoms with E-state index in [0.29, 0.717) is 12.8 Å². The van der Waals surface area contributed by atoms with E-state index in [1.54, 1.807) is 0 Å². The van der Waals surface area contributed by atoms with E-state index in [2.05, 4.69) is 4.74 Å². The molecule has 0 aliphatic carbocycles. The number of esters is 2.